The van der Waals surface area contributed by atoms with Gasteiger partial charge in [-0.15, -0.1) is 13.2 Å². The van der Waals surface area contributed by atoms with E-state index in [0.29, 0.717) is 10.4 Å². The van der Waals surface area contributed by atoms with Crippen LogP contribution in [-0.4, -0.2) is 31.9 Å². The first kappa shape index (κ1) is 20.7. The van der Waals surface area contributed by atoms with Gasteiger partial charge in [-0.05, 0) is 18.6 Å². The van der Waals surface area contributed by atoms with E-state index < -0.39 is 24.6 Å². The van der Waals surface area contributed by atoms with E-state index in [9.17, 15) is 18.4 Å². The minimum absolute atomic E-state index is 0.00480. The van der Waals surface area contributed by atoms with Crippen LogP contribution in [0.5, 0.6) is 0 Å². The average molecular weight is 391 g/mol. The van der Waals surface area contributed by atoms with Crippen LogP contribution >= 0.6 is 0 Å². The highest BCUT2D eigenvalue weighted by Crippen LogP contribution is 2.32. The number of anilines is 1. The molecular formula is C18H19F2N5O3. The molecule has 0 aliphatic carbocycles. The summed E-state index contributed by atoms with van der Waals surface area (Å²) in [7, 11) is 0. The number of halogens is 2. The molecular weight excluding hydrogens is 372 g/mol. The van der Waals surface area contributed by atoms with Crippen LogP contribution in [0.4, 0.5) is 19.3 Å². The Morgan fingerprint density at radius 3 is 2.68 bits per heavy atom. The standard InChI is InChI=1S/C18H19F2N5O3/c1-3-5-12(24-18(27)28)13-9-11(7-8-21-13)16-14(23-15(26)6-4-2)10-22-25(16)17(19)20/h3-4,7-10,12,17,24H,1-2,5-6H2,(H,23,26)(H,27,28). The van der Waals surface area contributed by atoms with Crippen molar-refractivity contribution >= 4 is 17.7 Å². The van der Waals surface area contributed by atoms with Crippen LogP contribution in [0.2, 0.25) is 0 Å². The van der Waals surface area contributed by atoms with Gasteiger partial charge in [0.15, 0.2) is 0 Å². The monoisotopic (exact) mass is 391 g/mol. The summed E-state index contributed by atoms with van der Waals surface area (Å²) in [5.74, 6) is -0.434. The predicted octanol–water partition coefficient (Wildman–Crippen LogP) is 3.74. The second-order valence-corrected chi connectivity index (χ2v) is 5.67. The molecule has 0 fully saturated rings. The van der Waals surface area contributed by atoms with Crippen LogP contribution in [0.25, 0.3) is 11.3 Å². The van der Waals surface area contributed by atoms with Gasteiger partial charge in [0.25, 0.3) is 0 Å². The molecule has 0 bridgehead atoms. The van der Waals surface area contributed by atoms with Crippen LogP contribution in [0.3, 0.4) is 0 Å². The first-order valence-electron chi connectivity index (χ1n) is 8.20. The van der Waals surface area contributed by atoms with Crippen molar-refractivity contribution in [3.8, 4) is 11.3 Å². The summed E-state index contributed by atoms with van der Waals surface area (Å²) in [5, 5.41) is 17.5. The predicted molar refractivity (Wildman–Crippen MR) is 98.9 cm³/mol. The highest BCUT2D eigenvalue weighted by atomic mass is 19.3. The fraction of sp³-hybridized carbons (Fsp3) is 0.222. The third kappa shape index (κ3) is 5.00. The summed E-state index contributed by atoms with van der Waals surface area (Å²) in [6.07, 6.45) is 4.38. The lowest BCUT2D eigenvalue weighted by atomic mass is 10.1. The highest BCUT2D eigenvalue weighted by Gasteiger charge is 2.22. The molecule has 28 heavy (non-hydrogen) atoms. The van der Waals surface area contributed by atoms with Gasteiger partial charge in [0, 0.05) is 18.2 Å². The third-order valence-corrected chi connectivity index (χ3v) is 3.70. The summed E-state index contributed by atoms with van der Waals surface area (Å²) in [6.45, 7) is 4.09. The van der Waals surface area contributed by atoms with E-state index in [-0.39, 0.29) is 29.8 Å². The Morgan fingerprint density at radius 1 is 1.32 bits per heavy atom. The molecule has 0 aliphatic heterocycles. The molecule has 0 aromatic carbocycles. The lowest BCUT2D eigenvalue weighted by Crippen LogP contribution is -2.27. The van der Waals surface area contributed by atoms with Crippen molar-refractivity contribution in [2.75, 3.05) is 5.32 Å². The second-order valence-electron chi connectivity index (χ2n) is 5.67. The van der Waals surface area contributed by atoms with Gasteiger partial charge in [-0.3, -0.25) is 9.78 Å². The Kier molecular flexibility index (Phi) is 6.96. The number of pyridine rings is 1. The van der Waals surface area contributed by atoms with Gasteiger partial charge in [0.05, 0.1) is 29.3 Å². The topological polar surface area (TPSA) is 109 Å². The molecule has 10 heteroatoms. The molecule has 148 valence electrons. The number of carboxylic acid groups (broad SMARTS) is 1. The Balaban J connectivity index is 2.49. The van der Waals surface area contributed by atoms with Gasteiger partial charge >= 0.3 is 12.6 Å². The number of alkyl halides is 2. The number of hydrogen-bond acceptors (Lipinski definition) is 4. The SMILES string of the molecule is C=CCC(=O)Nc1cnn(C(F)F)c1-c1ccnc(C(CC=C)NC(=O)O)c1. The molecule has 3 N–H and O–H groups in total. The van der Waals surface area contributed by atoms with Crippen molar-refractivity contribution in [1.29, 1.82) is 0 Å². The molecule has 2 heterocycles. The first-order chi connectivity index (χ1) is 13.4. The summed E-state index contributed by atoms with van der Waals surface area (Å²) in [5.41, 5.74) is 0.669. The molecule has 1 unspecified atom stereocenters. The van der Waals surface area contributed by atoms with Crippen molar-refractivity contribution in [3.63, 3.8) is 0 Å². The zero-order valence-corrected chi connectivity index (χ0v) is 14.8. The number of carbonyl (C=O) groups is 2. The van der Waals surface area contributed by atoms with Crippen LogP contribution in [0.1, 0.15) is 31.1 Å². The molecule has 2 amide bonds. The molecule has 2 aromatic rings. The number of aromatic nitrogens is 3. The maximum atomic E-state index is 13.4. The average Bonchev–Trinajstić information content (AvgIpc) is 3.05. The normalized spacial score (nSPS) is 11.7. The molecule has 0 radical (unpaired) electrons. The molecule has 2 aromatic heterocycles. The van der Waals surface area contributed by atoms with Crippen molar-refractivity contribution in [2.45, 2.75) is 25.4 Å². The first-order valence-corrected chi connectivity index (χ1v) is 8.20. The quantitative estimate of drug-likeness (QED) is 0.564. The summed E-state index contributed by atoms with van der Waals surface area (Å²) in [6, 6.07) is 2.22. The lowest BCUT2D eigenvalue weighted by Gasteiger charge is -2.16. The van der Waals surface area contributed by atoms with Gasteiger partial charge in [0.1, 0.15) is 0 Å². The summed E-state index contributed by atoms with van der Waals surface area (Å²) in [4.78, 5) is 27.0. The fourth-order valence-electron chi connectivity index (χ4n) is 2.58. The minimum Gasteiger partial charge on any atom is -0.465 e. The maximum Gasteiger partial charge on any atom is 0.405 e. The van der Waals surface area contributed by atoms with Crippen LogP contribution in [0.15, 0.2) is 49.8 Å². The molecule has 2 rings (SSSR count). The van der Waals surface area contributed by atoms with Crippen LogP contribution < -0.4 is 10.6 Å². The van der Waals surface area contributed by atoms with E-state index in [1.54, 1.807) is 0 Å². The Morgan fingerprint density at radius 2 is 2.07 bits per heavy atom. The summed E-state index contributed by atoms with van der Waals surface area (Å²) < 4.78 is 27.3. The van der Waals surface area contributed by atoms with Gasteiger partial charge < -0.3 is 15.7 Å². The Labute approximate surface area is 159 Å². The maximum absolute atomic E-state index is 13.4. The summed E-state index contributed by atoms with van der Waals surface area (Å²) >= 11 is 0. The number of nitrogens with one attached hydrogen (secondary N) is 2. The van der Waals surface area contributed by atoms with E-state index in [1.165, 1.54) is 30.5 Å². The van der Waals surface area contributed by atoms with E-state index in [0.717, 1.165) is 6.20 Å². The van der Waals surface area contributed by atoms with Crippen LogP contribution in [-0.2, 0) is 4.79 Å². The third-order valence-electron chi connectivity index (χ3n) is 3.70. The number of hydrogen-bond donors (Lipinski definition) is 3. The van der Waals surface area contributed by atoms with Gasteiger partial charge in [-0.25, -0.2) is 9.48 Å². The zero-order valence-electron chi connectivity index (χ0n) is 14.8. The minimum atomic E-state index is -2.95. The van der Waals surface area contributed by atoms with E-state index in [1.807, 2.05) is 0 Å². The molecule has 0 spiro atoms. The van der Waals surface area contributed by atoms with Crippen molar-refractivity contribution in [3.05, 3.63) is 55.5 Å². The van der Waals surface area contributed by atoms with Crippen LogP contribution in [0, 0.1) is 0 Å². The largest absolute Gasteiger partial charge is 0.465 e. The van der Waals surface area contributed by atoms with Gasteiger partial charge in [-0.1, -0.05) is 12.2 Å². The van der Waals surface area contributed by atoms with E-state index >= 15 is 0 Å². The Bertz CT molecular complexity index is 882. The number of rotatable bonds is 9. The number of amides is 2. The number of carbonyl (C=O) groups excluding carboxylic acids is 1. The van der Waals surface area contributed by atoms with Gasteiger partial charge in [-0.2, -0.15) is 13.9 Å². The number of nitrogens with zero attached hydrogens (tertiary/aromatic N) is 3. The molecule has 0 saturated heterocycles. The van der Waals surface area contributed by atoms with Crippen molar-refractivity contribution < 1.29 is 23.5 Å². The van der Waals surface area contributed by atoms with E-state index in [4.69, 9.17) is 5.11 Å². The highest BCUT2D eigenvalue weighted by molar-refractivity contribution is 5.95. The van der Waals surface area contributed by atoms with Gasteiger partial charge in [0.2, 0.25) is 5.91 Å². The molecule has 0 aliphatic rings. The molecule has 1 atom stereocenters. The fourth-order valence-corrected chi connectivity index (χ4v) is 2.58. The van der Waals surface area contributed by atoms with Crippen molar-refractivity contribution in [1.82, 2.24) is 20.1 Å². The van der Waals surface area contributed by atoms with Crippen molar-refractivity contribution in [2.24, 2.45) is 0 Å². The van der Waals surface area contributed by atoms with E-state index in [2.05, 4.69) is 33.9 Å². The zero-order chi connectivity index (χ0) is 20.7. The lowest BCUT2D eigenvalue weighted by molar-refractivity contribution is -0.115. The second kappa shape index (κ2) is 9.40. The molecule has 0 saturated carbocycles. The Hall–Kier alpha value is -3.56. The molecule has 8 nitrogen and oxygen atoms in total. The smallest absolute Gasteiger partial charge is 0.405 e.